The maximum atomic E-state index is 12.3. The minimum atomic E-state index is -2.46. The summed E-state index contributed by atoms with van der Waals surface area (Å²) in [5.41, 5.74) is 1.43. The van der Waals surface area contributed by atoms with Gasteiger partial charge in [0.1, 0.15) is 0 Å². The summed E-state index contributed by atoms with van der Waals surface area (Å²) < 4.78 is 24.5. The minimum Gasteiger partial charge on any atom is -0.337 e. The SMILES string of the molecule is CN(Cc1ccc(Cl)cc1)C(=O)c1ccc(SC(F)F)cc1. The van der Waals surface area contributed by atoms with Crippen LogP contribution in [0, 0.1) is 0 Å². The Labute approximate surface area is 137 Å². The van der Waals surface area contributed by atoms with E-state index in [4.69, 9.17) is 11.6 Å². The fourth-order valence-electron chi connectivity index (χ4n) is 1.93. The molecule has 0 bridgehead atoms. The highest BCUT2D eigenvalue weighted by Crippen LogP contribution is 2.25. The number of benzene rings is 2. The molecule has 0 saturated heterocycles. The Morgan fingerprint density at radius 3 is 2.27 bits per heavy atom. The molecule has 1 amide bonds. The number of rotatable bonds is 5. The van der Waals surface area contributed by atoms with E-state index in [1.54, 1.807) is 36.2 Å². The van der Waals surface area contributed by atoms with Gasteiger partial charge < -0.3 is 4.90 Å². The van der Waals surface area contributed by atoms with E-state index in [-0.39, 0.29) is 5.91 Å². The van der Waals surface area contributed by atoms with Gasteiger partial charge in [0.05, 0.1) is 0 Å². The van der Waals surface area contributed by atoms with E-state index in [0.29, 0.717) is 33.8 Å². The molecule has 2 aromatic rings. The molecule has 2 aromatic carbocycles. The van der Waals surface area contributed by atoms with Crippen LogP contribution in [-0.4, -0.2) is 23.6 Å². The van der Waals surface area contributed by atoms with E-state index in [0.717, 1.165) is 5.56 Å². The molecule has 0 N–H and O–H groups in total. The van der Waals surface area contributed by atoms with Crippen molar-refractivity contribution in [3.8, 4) is 0 Å². The molecule has 22 heavy (non-hydrogen) atoms. The van der Waals surface area contributed by atoms with Crippen LogP contribution >= 0.6 is 23.4 Å². The summed E-state index contributed by atoms with van der Waals surface area (Å²) in [5, 5.41) is 0.643. The minimum absolute atomic E-state index is 0.163. The molecule has 0 atom stereocenters. The molecule has 0 aliphatic carbocycles. The molecular weight excluding hydrogens is 328 g/mol. The van der Waals surface area contributed by atoms with Crippen molar-refractivity contribution in [3.05, 3.63) is 64.7 Å². The van der Waals surface area contributed by atoms with E-state index in [9.17, 15) is 13.6 Å². The Bertz CT molecular complexity index is 632. The summed E-state index contributed by atoms with van der Waals surface area (Å²) in [4.78, 5) is 14.3. The third kappa shape index (κ3) is 4.71. The first-order valence-corrected chi connectivity index (χ1v) is 7.76. The van der Waals surface area contributed by atoms with Crippen molar-refractivity contribution < 1.29 is 13.6 Å². The number of hydrogen-bond acceptors (Lipinski definition) is 2. The van der Waals surface area contributed by atoms with Gasteiger partial charge in [-0.15, -0.1) is 0 Å². The van der Waals surface area contributed by atoms with Crippen molar-refractivity contribution in [1.29, 1.82) is 0 Å². The number of thioether (sulfide) groups is 1. The van der Waals surface area contributed by atoms with Gasteiger partial charge in [-0.3, -0.25) is 4.79 Å². The number of amides is 1. The Kier molecular flexibility index (Phi) is 5.80. The third-order valence-electron chi connectivity index (χ3n) is 3.01. The van der Waals surface area contributed by atoms with E-state index in [2.05, 4.69) is 0 Å². The van der Waals surface area contributed by atoms with Gasteiger partial charge in [-0.05, 0) is 42.0 Å². The van der Waals surface area contributed by atoms with E-state index in [1.807, 2.05) is 12.1 Å². The van der Waals surface area contributed by atoms with Crippen LogP contribution in [0.3, 0.4) is 0 Å². The van der Waals surface area contributed by atoms with Crippen molar-refractivity contribution in [2.45, 2.75) is 17.2 Å². The Morgan fingerprint density at radius 2 is 1.73 bits per heavy atom. The number of nitrogens with zero attached hydrogens (tertiary/aromatic N) is 1. The number of halogens is 3. The van der Waals surface area contributed by atoms with Gasteiger partial charge in [-0.2, -0.15) is 8.78 Å². The summed E-state index contributed by atoms with van der Waals surface area (Å²) in [6, 6.07) is 13.4. The molecule has 2 rings (SSSR count). The number of carbonyl (C=O) groups excluding carboxylic acids is 1. The van der Waals surface area contributed by atoms with Crippen LogP contribution in [0.5, 0.6) is 0 Å². The monoisotopic (exact) mass is 341 g/mol. The molecule has 0 fully saturated rings. The largest absolute Gasteiger partial charge is 0.337 e. The average Bonchev–Trinajstić information content (AvgIpc) is 2.49. The second-order valence-corrected chi connectivity index (χ2v) is 6.19. The maximum Gasteiger partial charge on any atom is 0.288 e. The lowest BCUT2D eigenvalue weighted by Crippen LogP contribution is -2.26. The third-order valence-corrected chi connectivity index (χ3v) is 3.98. The summed E-state index contributed by atoms with van der Waals surface area (Å²) in [6.07, 6.45) is 0. The molecular formula is C16H14ClF2NOS. The lowest BCUT2D eigenvalue weighted by Gasteiger charge is -2.17. The highest BCUT2D eigenvalue weighted by atomic mass is 35.5. The van der Waals surface area contributed by atoms with Crippen molar-refractivity contribution in [1.82, 2.24) is 4.90 Å². The van der Waals surface area contributed by atoms with Crippen molar-refractivity contribution in [3.63, 3.8) is 0 Å². The predicted octanol–water partition coefficient (Wildman–Crippen LogP) is 4.93. The normalized spacial score (nSPS) is 10.8. The van der Waals surface area contributed by atoms with Gasteiger partial charge in [-0.1, -0.05) is 35.5 Å². The molecule has 2 nitrogen and oxygen atoms in total. The number of hydrogen-bond donors (Lipinski definition) is 0. The van der Waals surface area contributed by atoms with Gasteiger partial charge in [0, 0.05) is 29.1 Å². The molecule has 0 heterocycles. The zero-order valence-electron chi connectivity index (χ0n) is 11.8. The second-order valence-electron chi connectivity index (χ2n) is 4.69. The molecule has 116 valence electrons. The van der Waals surface area contributed by atoms with E-state index in [1.165, 1.54) is 12.1 Å². The highest BCUT2D eigenvalue weighted by Gasteiger charge is 2.13. The van der Waals surface area contributed by atoms with Gasteiger partial charge >= 0.3 is 0 Å². The van der Waals surface area contributed by atoms with Crippen molar-refractivity contribution in [2.75, 3.05) is 7.05 Å². The second kappa shape index (κ2) is 7.61. The standard InChI is InChI=1S/C16H14ClF2NOS/c1-20(10-11-2-6-13(17)7-3-11)15(21)12-4-8-14(9-5-12)22-16(18)19/h2-9,16H,10H2,1H3. The Morgan fingerprint density at radius 1 is 1.14 bits per heavy atom. The quantitative estimate of drug-likeness (QED) is 0.719. The van der Waals surface area contributed by atoms with Crippen molar-refractivity contribution in [2.24, 2.45) is 0 Å². The first-order chi connectivity index (χ1) is 10.5. The van der Waals surface area contributed by atoms with E-state index < -0.39 is 5.76 Å². The molecule has 0 saturated carbocycles. The van der Waals surface area contributed by atoms with Gasteiger partial charge in [0.15, 0.2) is 0 Å². The Balaban J connectivity index is 2.02. The predicted molar refractivity (Wildman–Crippen MR) is 85.6 cm³/mol. The zero-order valence-corrected chi connectivity index (χ0v) is 13.4. The summed E-state index contributed by atoms with van der Waals surface area (Å²) >= 11 is 6.28. The molecule has 0 aliphatic heterocycles. The lowest BCUT2D eigenvalue weighted by atomic mass is 10.1. The fourth-order valence-corrected chi connectivity index (χ4v) is 2.56. The molecule has 0 radical (unpaired) electrons. The topological polar surface area (TPSA) is 20.3 Å². The lowest BCUT2D eigenvalue weighted by molar-refractivity contribution is 0.0785. The number of carbonyl (C=O) groups is 1. The zero-order chi connectivity index (χ0) is 16.1. The first kappa shape index (κ1) is 16.8. The van der Waals surface area contributed by atoms with Crippen LogP contribution in [0.25, 0.3) is 0 Å². The van der Waals surface area contributed by atoms with Crippen LogP contribution in [0.15, 0.2) is 53.4 Å². The molecule has 0 aromatic heterocycles. The molecule has 0 aliphatic rings. The van der Waals surface area contributed by atoms with Crippen LogP contribution < -0.4 is 0 Å². The first-order valence-electron chi connectivity index (χ1n) is 6.50. The summed E-state index contributed by atoms with van der Waals surface area (Å²) in [5.74, 6) is -2.63. The van der Waals surface area contributed by atoms with Gasteiger partial charge in [0.25, 0.3) is 11.7 Å². The average molecular weight is 342 g/mol. The van der Waals surface area contributed by atoms with Gasteiger partial charge in [-0.25, -0.2) is 0 Å². The van der Waals surface area contributed by atoms with E-state index >= 15 is 0 Å². The van der Waals surface area contributed by atoms with Crippen LogP contribution in [0.4, 0.5) is 8.78 Å². The summed E-state index contributed by atoms with van der Waals surface area (Å²) in [7, 11) is 1.69. The smallest absolute Gasteiger partial charge is 0.288 e. The molecule has 0 unspecified atom stereocenters. The van der Waals surface area contributed by atoms with Crippen LogP contribution in [0.1, 0.15) is 15.9 Å². The molecule has 0 spiro atoms. The van der Waals surface area contributed by atoms with Gasteiger partial charge in [0.2, 0.25) is 0 Å². The Hall–Kier alpha value is -1.59. The van der Waals surface area contributed by atoms with Crippen LogP contribution in [-0.2, 0) is 6.54 Å². The van der Waals surface area contributed by atoms with Crippen LogP contribution in [0.2, 0.25) is 5.02 Å². The highest BCUT2D eigenvalue weighted by molar-refractivity contribution is 7.99. The fraction of sp³-hybridized carbons (Fsp3) is 0.188. The van der Waals surface area contributed by atoms with Crippen molar-refractivity contribution >= 4 is 29.3 Å². The molecule has 6 heteroatoms. The number of alkyl halides is 2. The maximum absolute atomic E-state index is 12.3. The summed E-state index contributed by atoms with van der Waals surface area (Å²) in [6.45, 7) is 0.448.